The second kappa shape index (κ2) is 5.68. The standard InChI is InChI=1S/C16H14N2OS3/c1-20-12(7-9-5-6-21-8-9)14-17-15(19)13-10-3-2-4-11(10)22-16(13)18-14/h5-8H,2-4H2,1H3,(H,17,18,19)/b12-7-. The van der Waals surface area contributed by atoms with Gasteiger partial charge in [0.05, 0.1) is 10.3 Å². The average molecular weight is 347 g/mol. The van der Waals surface area contributed by atoms with Gasteiger partial charge in [0.15, 0.2) is 0 Å². The lowest BCUT2D eigenvalue weighted by atomic mass is 10.2. The zero-order valence-electron chi connectivity index (χ0n) is 12.0. The van der Waals surface area contributed by atoms with E-state index >= 15 is 0 Å². The van der Waals surface area contributed by atoms with Crippen molar-refractivity contribution in [2.45, 2.75) is 19.3 Å². The molecule has 3 aromatic heterocycles. The minimum Gasteiger partial charge on any atom is -0.305 e. The van der Waals surface area contributed by atoms with Gasteiger partial charge in [-0.15, -0.1) is 23.1 Å². The highest BCUT2D eigenvalue weighted by Gasteiger charge is 2.21. The summed E-state index contributed by atoms with van der Waals surface area (Å²) in [6, 6.07) is 2.07. The zero-order chi connectivity index (χ0) is 15.1. The van der Waals surface area contributed by atoms with Crippen LogP contribution in [0.4, 0.5) is 0 Å². The molecule has 0 radical (unpaired) electrons. The van der Waals surface area contributed by atoms with E-state index in [0.717, 1.165) is 39.9 Å². The largest absolute Gasteiger partial charge is 0.305 e. The second-order valence-corrected chi connectivity index (χ2v) is 7.93. The Balaban J connectivity index is 1.87. The number of thioether (sulfide) groups is 1. The molecule has 4 rings (SSSR count). The first-order valence-corrected chi connectivity index (χ1v) is 10.1. The predicted molar refractivity (Wildman–Crippen MR) is 98.0 cm³/mol. The topological polar surface area (TPSA) is 45.8 Å². The van der Waals surface area contributed by atoms with Crippen molar-refractivity contribution in [1.82, 2.24) is 9.97 Å². The predicted octanol–water partition coefficient (Wildman–Crippen LogP) is 4.40. The maximum atomic E-state index is 12.5. The van der Waals surface area contributed by atoms with Gasteiger partial charge < -0.3 is 4.98 Å². The van der Waals surface area contributed by atoms with Gasteiger partial charge in [-0.3, -0.25) is 4.79 Å². The first-order valence-electron chi connectivity index (χ1n) is 7.09. The fourth-order valence-corrected chi connectivity index (χ4v) is 5.28. The van der Waals surface area contributed by atoms with Crippen LogP contribution in [0.3, 0.4) is 0 Å². The van der Waals surface area contributed by atoms with Crippen LogP contribution in [0.1, 0.15) is 28.2 Å². The van der Waals surface area contributed by atoms with Crippen LogP contribution in [0.15, 0.2) is 21.6 Å². The van der Waals surface area contributed by atoms with Crippen molar-refractivity contribution in [3.8, 4) is 0 Å². The summed E-state index contributed by atoms with van der Waals surface area (Å²) in [7, 11) is 0. The smallest absolute Gasteiger partial charge is 0.260 e. The zero-order valence-corrected chi connectivity index (χ0v) is 14.5. The van der Waals surface area contributed by atoms with Crippen molar-refractivity contribution >= 4 is 55.6 Å². The number of aromatic amines is 1. The fourth-order valence-electron chi connectivity index (χ4n) is 2.85. The van der Waals surface area contributed by atoms with E-state index in [1.54, 1.807) is 34.4 Å². The molecule has 3 nitrogen and oxygen atoms in total. The molecule has 0 saturated carbocycles. The molecule has 0 unspecified atom stereocenters. The number of aromatic nitrogens is 2. The van der Waals surface area contributed by atoms with Crippen molar-refractivity contribution < 1.29 is 0 Å². The highest BCUT2D eigenvalue weighted by Crippen LogP contribution is 2.35. The Hall–Kier alpha value is -1.37. The van der Waals surface area contributed by atoms with Gasteiger partial charge in [-0.05, 0) is 59.5 Å². The van der Waals surface area contributed by atoms with E-state index in [-0.39, 0.29) is 5.56 Å². The summed E-state index contributed by atoms with van der Waals surface area (Å²) in [5.74, 6) is 0.677. The molecule has 22 heavy (non-hydrogen) atoms. The summed E-state index contributed by atoms with van der Waals surface area (Å²) in [6.45, 7) is 0. The van der Waals surface area contributed by atoms with Gasteiger partial charge in [0.25, 0.3) is 5.56 Å². The SMILES string of the molecule is CS/C(=C\c1ccsc1)c1nc2sc3c(c2c(=O)[nH]1)CCC3. The molecule has 6 heteroatoms. The van der Waals surface area contributed by atoms with Crippen molar-refractivity contribution in [1.29, 1.82) is 0 Å². The lowest BCUT2D eigenvalue weighted by molar-refractivity contribution is 0.916. The molecule has 0 spiro atoms. The van der Waals surface area contributed by atoms with E-state index < -0.39 is 0 Å². The van der Waals surface area contributed by atoms with Crippen LogP contribution in [-0.2, 0) is 12.8 Å². The molecule has 3 aromatic rings. The first-order chi connectivity index (χ1) is 10.8. The Kier molecular flexibility index (Phi) is 3.68. The monoisotopic (exact) mass is 346 g/mol. The molecule has 1 aliphatic rings. The lowest BCUT2D eigenvalue weighted by Gasteiger charge is -2.04. The normalized spacial score (nSPS) is 14.7. The highest BCUT2D eigenvalue weighted by atomic mass is 32.2. The number of thiophene rings is 2. The number of nitrogens with zero attached hydrogens (tertiary/aromatic N) is 1. The number of rotatable bonds is 3. The fraction of sp³-hybridized carbons (Fsp3) is 0.250. The van der Waals surface area contributed by atoms with Gasteiger partial charge in [0.2, 0.25) is 0 Å². The molecule has 0 bridgehead atoms. The van der Waals surface area contributed by atoms with Crippen LogP contribution in [0, 0.1) is 0 Å². The minimum absolute atomic E-state index is 0.00432. The first kappa shape index (κ1) is 14.2. The summed E-state index contributed by atoms with van der Waals surface area (Å²) in [4.78, 5) is 23.5. The van der Waals surface area contributed by atoms with Crippen LogP contribution in [0.2, 0.25) is 0 Å². The molecule has 0 fully saturated rings. The number of aryl methyl sites for hydroxylation is 2. The quantitative estimate of drug-likeness (QED) is 0.765. The Morgan fingerprint density at radius 1 is 1.45 bits per heavy atom. The number of hydrogen-bond acceptors (Lipinski definition) is 5. The van der Waals surface area contributed by atoms with Crippen molar-refractivity contribution in [2.75, 3.05) is 6.26 Å². The van der Waals surface area contributed by atoms with Crippen molar-refractivity contribution in [3.05, 3.63) is 49.0 Å². The van der Waals surface area contributed by atoms with Crippen LogP contribution >= 0.6 is 34.4 Å². The van der Waals surface area contributed by atoms with E-state index in [1.165, 1.54) is 10.4 Å². The molecule has 3 heterocycles. The average Bonchev–Trinajstić information content (AvgIpc) is 3.20. The Bertz CT molecular complexity index is 919. The van der Waals surface area contributed by atoms with Crippen LogP contribution in [0.5, 0.6) is 0 Å². The Labute approximate surface area is 140 Å². The molecule has 112 valence electrons. The molecular weight excluding hydrogens is 332 g/mol. The summed E-state index contributed by atoms with van der Waals surface area (Å²) in [5, 5.41) is 4.96. The molecule has 1 N–H and O–H groups in total. The molecule has 0 atom stereocenters. The van der Waals surface area contributed by atoms with E-state index in [9.17, 15) is 4.79 Å². The molecule has 0 aromatic carbocycles. The third kappa shape index (κ3) is 2.35. The summed E-state index contributed by atoms with van der Waals surface area (Å²) in [6.07, 6.45) is 7.35. The van der Waals surface area contributed by atoms with E-state index in [1.807, 2.05) is 11.6 Å². The van der Waals surface area contributed by atoms with Gasteiger partial charge in [-0.25, -0.2) is 4.98 Å². The van der Waals surface area contributed by atoms with Crippen molar-refractivity contribution in [2.24, 2.45) is 0 Å². The molecule has 1 aliphatic carbocycles. The third-order valence-electron chi connectivity index (χ3n) is 3.87. The third-order valence-corrected chi connectivity index (χ3v) is 6.51. The van der Waals surface area contributed by atoms with Crippen LogP contribution < -0.4 is 5.56 Å². The van der Waals surface area contributed by atoms with E-state index in [4.69, 9.17) is 4.98 Å². The summed E-state index contributed by atoms with van der Waals surface area (Å²) >= 11 is 4.96. The maximum Gasteiger partial charge on any atom is 0.260 e. The second-order valence-electron chi connectivity index (χ2n) is 5.22. The van der Waals surface area contributed by atoms with Gasteiger partial charge in [-0.1, -0.05) is 0 Å². The molecule has 0 saturated heterocycles. The number of hydrogen-bond donors (Lipinski definition) is 1. The summed E-state index contributed by atoms with van der Waals surface area (Å²) < 4.78 is 0. The number of nitrogens with one attached hydrogen (secondary N) is 1. The molecular formula is C16H14N2OS3. The van der Waals surface area contributed by atoms with Crippen molar-refractivity contribution in [3.63, 3.8) is 0 Å². The lowest BCUT2D eigenvalue weighted by Crippen LogP contribution is -2.11. The molecule has 0 aliphatic heterocycles. The van der Waals surface area contributed by atoms with Gasteiger partial charge in [0.1, 0.15) is 10.7 Å². The Morgan fingerprint density at radius 2 is 2.36 bits per heavy atom. The van der Waals surface area contributed by atoms with Gasteiger partial charge >= 0.3 is 0 Å². The minimum atomic E-state index is 0.00432. The van der Waals surface area contributed by atoms with E-state index in [0.29, 0.717) is 5.82 Å². The highest BCUT2D eigenvalue weighted by molar-refractivity contribution is 8.07. The van der Waals surface area contributed by atoms with Crippen LogP contribution in [0.25, 0.3) is 21.2 Å². The maximum absolute atomic E-state index is 12.5. The number of H-pyrrole nitrogens is 1. The Morgan fingerprint density at radius 3 is 3.14 bits per heavy atom. The van der Waals surface area contributed by atoms with Gasteiger partial charge in [0, 0.05) is 4.88 Å². The van der Waals surface area contributed by atoms with Gasteiger partial charge in [-0.2, -0.15) is 11.3 Å². The number of fused-ring (bicyclic) bond motifs is 3. The summed E-state index contributed by atoms with van der Waals surface area (Å²) in [5.41, 5.74) is 2.38. The molecule has 0 amide bonds. The van der Waals surface area contributed by atoms with Crippen LogP contribution in [-0.4, -0.2) is 16.2 Å². The van der Waals surface area contributed by atoms with E-state index in [2.05, 4.69) is 22.5 Å².